The van der Waals surface area contributed by atoms with E-state index in [0.29, 0.717) is 25.3 Å². The van der Waals surface area contributed by atoms with Gasteiger partial charge in [0.25, 0.3) is 12.3 Å². The Balaban J connectivity index is 1.50. The molecule has 204 valence electrons. The van der Waals surface area contributed by atoms with E-state index < -0.39 is 58.6 Å². The van der Waals surface area contributed by atoms with Crippen molar-refractivity contribution in [2.24, 2.45) is 0 Å². The van der Waals surface area contributed by atoms with E-state index in [4.69, 9.17) is 9.47 Å². The first-order valence-corrected chi connectivity index (χ1v) is 13.3. The summed E-state index contributed by atoms with van der Waals surface area (Å²) in [7, 11) is 0. The molecule has 0 bridgehead atoms. The second-order valence-electron chi connectivity index (χ2n) is 10.2. The molecule has 2 aliphatic rings. The molecule has 1 aliphatic heterocycles. The number of rotatable bonds is 12. The molecule has 4 rings (SSSR count). The Kier molecular flexibility index (Phi) is 8.77. The van der Waals surface area contributed by atoms with Crippen molar-refractivity contribution >= 4 is 0 Å². The number of ether oxygens (including phenoxy) is 2. The van der Waals surface area contributed by atoms with Gasteiger partial charge in [0.1, 0.15) is 0 Å². The highest BCUT2D eigenvalue weighted by Crippen LogP contribution is 2.51. The van der Waals surface area contributed by atoms with Gasteiger partial charge < -0.3 is 9.47 Å². The number of halogens is 6. The van der Waals surface area contributed by atoms with E-state index in [0.717, 1.165) is 38.2 Å². The molecule has 0 N–H and O–H groups in total. The minimum atomic E-state index is -3.65. The number of epoxide rings is 1. The van der Waals surface area contributed by atoms with Crippen LogP contribution in [0.25, 0.3) is 0 Å². The third-order valence-electron chi connectivity index (χ3n) is 7.49. The molecule has 4 unspecified atom stereocenters. The van der Waals surface area contributed by atoms with Crippen molar-refractivity contribution in [3.05, 3.63) is 64.0 Å². The Bertz CT molecular complexity index is 1090. The summed E-state index contributed by atoms with van der Waals surface area (Å²) in [5.41, 5.74) is -0.769. The van der Waals surface area contributed by atoms with Crippen LogP contribution < -0.4 is 4.74 Å². The third kappa shape index (κ3) is 5.94. The maximum atomic E-state index is 15.5. The number of hydrogen-bond donors (Lipinski definition) is 0. The van der Waals surface area contributed by atoms with Crippen LogP contribution in [0.5, 0.6) is 5.75 Å². The maximum Gasteiger partial charge on any atom is 0.280 e. The highest BCUT2D eigenvalue weighted by molar-refractivity contribution is 5.44. The lowest BCUT2D eigenvalue weighted by atomic mass is 9.76. The lowest BCUT2D eigenvalue weighted by Gasteiger charge is -2.34. The molecule has 1 aliphatic carbocycles. The molecule has 1 fully saturated rings. The summed E-state index contributed by atoms with van der Waals surface area (Å²) in [6, 6.07) is 4.31. The summed E-state index contributed by atoms with van der Waals surface area (Å²) >= 11 is 0. The van der Waals surface area contributed by atoms with Gasteiger partial charge in [-0.2, -0.15) is 4.39 Å². The molecule has 2 aromatic carbocycles. The average molecular weight is 529 g/mol. The van der Waals surface area contributed by atoms with Crippen LogP contribution in [0.1, 0.15) is 93.4 Å². The monoisotopic (exact) mass is 528 g/mol. The highest BCUT2D eigenvalue weighted by atomic mass is 19.3. The van der Waals surface area contributed by atoms with Crippen LogP contribution in [0.4, 0.5) is 26.3 Å². The smallest absolute Gasteiger partial charge is 0.280 e. The van der Waals surface area contributed by atoms with Crippen LogP contribution in [0.2, 0.25) is 0 Å². The topological polar surface area (TPSA) is 21.8 Å². The maximum absolute atomic E-state index is 15.5. The van der Waals surface area contributed by atoms with Gasteiger partial charge in [0.2, 0.25) is 0 Å². The van der Waals surface area contributed by atoms with Gasteiger partial charge in [-0.05, 0) is 55.4 Å². The zero-order valence-electron chi connectivity index (χ0n) is 21.3. The Labute approximate surface area is 214 Å². The quantitative estimate of drug-likeness (QED) is 0.156. The molecule has 0 saturated carbocycles. The van der Waals surface area contributed by atoms with E-state index in [2.05, 4.69) is 0 Å². The van der Waals surface area contributed by atoms with Gasteiger partial charge in [-0.3, -0.25) is 0 Å². The molecule has 37 heavy (non-hydrogen) atoms. The standard InChI is InChI=1S/C29H34F6O2/c1-3-5-7-8-9-17-11-13-19(26(32)25(17)31)20-14-12-18-15-24(22(30)16-21(18)29(20,34)35)37-28(33)27-23(36-27)10-6-4-2/h11,13,15-16,20,23,27-28H,3-10,12,14H2,1-2H3. The van der Waals surface area contributed by atoms with E-state index in [9.17, 15) is 17.6 Å². The molecule has 1 heterocycles. The van der Waals surface area contributed by atoms with Gasteiger partial charge in [0, 0.05) is 11.1 Å². The number of unbranched alkanes of at least 4 members (excludes halogenated alkanes) is 4. The predicted molar refractivity (Wildman–Crippen MR) is 129 cm³/mol. The minimum absolute atomic E-state index is 0.0576. The van der Waals surface area contributed by atoms with E-state index in [1.807, 2.05) is 13.8 Å². The summed E-state index contributed by atoms with van der Waals surface area (Å²) in [4.78, 5) is 0. The van der Waals surface area contributed by atoms with Crippen molar-refractivity contribution in [2.75, 3.05) is 0 Å². The molecule has 0 radical (unpaired) electrons. The van der Waals surface area contributed by atoms with Crippen LogP contribution in [-0.4, -0.2) is 18.6 Å². The second-order valence-corrected chi connectivity index (χ2v) is 10.2. The van der Waals surface area contributed by atoms with Gasteiger partial charge in [0.05, 0.1) is 12.0 Å². The van der Waals surface area contributed by atoms with Crippen molar-refractivity contribution in [3.8, 4) is 5.75 Å². The fourth-order valence-electron chi connectivity index (χ4n) is 5.24. The highest BCUT2D eigenvalue weighted by Gasteiger charge is 2.49. The van der Waals surface area contributed by atoms with E-state index in [-0.39, 0.29) is 30.1 Å². The predicted octanol–water partition coefficient (Wildman–Crippen LogP) is 8.68. The number of alkyl halides is 3. The van der Waals surface area contributed by atoms with Crippen LogP contribution in [0, 0.1) is 17.5 Å². The molecule has 2 nitrogen and oxygen atoms in total. The molecular formula is C29H34F6O2. The van der Waals surface area contributed by atoms with E-state index >= 15 is 8.78 Å². The first-order valence-electron chi connectivity index (χ1n) is 13.3. The van der Waals surface area contributed by atoms with Gasteiger partial charge in [-0.15, -0.1) is 0 Å². The van der Waals surface area contributed by atoms with Gasteiger partial charge in [-0.1, -0.05) is 58.1 Å². The Morgan fingerprint density at radius 2 is 1.76 bits per heavy atom. The molecule has 1 saturated heterocycles. The SMILES string of the molecule is CCCCCCc1ccc(C2CCc3cc(OC(F)C4OC4CCCC)c(F)cc3C2(F)F)c(F)c1F. The van der Waals surface area contributed by atoms with Crippen molar-refractivity contribution < 1.29 is 35.8 Å². The van der Waals surface area contributed by atoms with Crippen molar-refractivity contribution in [3.63, 3.8) is 0 Å². The molecular weight excluding hydrogens is 494 g/mol. The normalized spacial score (nSPS) is 23.0. The Morgan fingerprint density at radius 3 is 2.49 bits per heavy atom. The molecule has 0 aromatic heterocycles. The van der Waals surface area contributed by atoms with Crippen LogP contribution in [-0.2, 0) is 23.5 Å². The second kappa shape index (κ2) is 11.7. The molecule has 0 amide bonds. The fraction of sp³-hybridized carbons (Fsp3) is 0.586. The van der Waals surface area contributed by atoms with Gasteiger partial charge >= 0.3 is 0 Å². The molecule has 8 heteroatoms. The fourth-order valence-corrected chi connectivity index (χ4v) is 5.24. The third-order valence-corrected chi connectivity index (χ3v) is 7.49. The zero-order chi connectivity index (χ0) is 26.7. The number of hydrogen-bond acceptors (Lipinski definition) is 2. The van der Waals surface area contributed by atoms with Gasteiger partial charge in [0.15, 0.2) is 29.3 Å². The largest absolute Gasteiger partial charge is 0.454 e. The van der Waals surface area contributed by atoms with Crippen LogP contribution in [0.15, 0.2) is 24.3 Å². The molecule has 0 spiro atoms. The summed E-state index contributed by atoms with van der Waals surface area (Å²) in [6.45, 7) is 4.04. The first-order chi connectivity index (χ1) is 17.7. The summed E-state index contributed by atoms with van der Waals surface area (Å²) in [6.07, 6.45) is 3.22. The lowest BCUT2D eigenvalue weighted by Crippen LogP contribution is -2.31. The Morgan fingerprint density at radius 1 is 1.00 bits per heavy atom. The Hall–Kier alpha value is -2.22. The molecule has 2 aromatic rings. The van der Waals surface area contributed by atoms with E-state index in [1.54, 1.807) is 0 Å². The van der Waals surface area contributed by atoms with E-state index in [1.165, 1.54) is 12.1 Å². The van der Waals surface area contributed by atoms with Crippen molar-refractivity contribution in [2.45, 2.75) is 108 Å². The van der Waals surface area contributed by atoms with Crippen molar-refractivity contribution in [1.29, 1.82) is 0 Å². The summed E-state index contributed by atoms with van der Waals surface area (Å²) < 4.78 is 100. The van der Waals surface area contributed by atoms with Crippen LogP contribution in [0.3, 0.4) is 0 Å². The lowest BCUT2D eigenvalue weighted by molar-refractivity contribution is -0.0451. The first kappa shape index (κ1) is 27.8. The number of fused-ring (bicyclic) bond motifs is 1. The summed E-state index contributed by atoms with van der Waals surface area (Å²) in [5.74, 6) is -9.27. The number of aryl methyl sites for hydroxylation is 2. The summed E-state index contributed by atoms with van der Waals surface area (Å²) in [5, 5.41) is 0. The minimum Gasteiger partial charge on any atom is -0.454 e. The van der Waals surface area contributed by atoms with Gasteiger partial charge in [-0.25, -0.2) is 22.0 Å². The average Bonchev–Trinajstić information content (AvgIpc) is 3.64. The van der Waals surface area contributed by atoms with Crippen molar-refractivity contribution in [1.82, 2.24) is 0 Å². The van der Waals surface area contributed by atoms with Crippen LogP contribution >= 0.6 is 0 Å². The molecule has 4 atom stereocenters. The number of benzene rings is 2. The zero-order valence-corrected chi connectivity index (χ0v) is 21.3.